The zero-order valence-electron chi connectivity index (χ0n) is 7.91. The van der Waals surface area contributed by atoms with E-state index in [-0.39, 0.29) is 11.6 Å². The maximum atomic E-state index is 11.1. The van der Waals surface area contributed by atoms with E-state index in [9.17, 15) is 9.59 Å². The first-order chi connectivity index (χ1) is 6.11. The molecule has 0 atom stereocenters. The van der Waals surface area contributed by atoms with Crippen molar-refractivity contribution in [3.8, 4) is 0 Å². The molecule has 1 rings (SSSR count). The van der Waals surface area contributed by atoms with Crippen molar-refractivity contribution in [1.29, 1.82) is 0 Å². The van der Waals surface area contributed by atoms with Crippen LogP contribution in [0.15, 0.2) is 24.3 Å². The molecule has 2 heteroatoms. The topological polar surface area (TPSA) is 34.1 Å². The van der Waals surface area contributed by atoms with Crippen LogP contribution in [0.1, 0.15) is 19.4 Å². The van der Waals surface area contributed by atoms with Crippen LogP contribution < -0.4 is 0 Å². The van der Waals surface area contributed by atoms with E-state index in [1.54, 1.807) is 0 Å². The van der Waals surface area contributed by atoms with Gasteiger partial charge < -0.3 is 0 Å². The number of hydrogen-bond donors (Lipinski definition) is 0. The molecule has 70 valence electrons. The first kappa shape index (κ1) is 9.78. The number of Topliss-reactive ketones (excluding diaryl/α,β-unsaturated/α-hetero) is 2. The minimum atomic E-state index is -0.456. The number of carbonyl (C=O) groups excluding carboxylic acids is 2. The summed E-state index contributed by atoms with van der Waals surface area (Å²) in [4.78, 5) is 22.2. The zero-order chi connectivity index (χ0) is 9.84. The van der Waals surface area contributed by atoms with E-state index in [1.807, 2.05) is 24.3 Å². The Hall–Kier alpha value is -1.31. The van der Waals surface area contributed by atoms with Crippen molar-refractivity contribution in [3.05, 3.63) is 29.8 Å². The van der Waals surface area contributed by atoms with Gasteiger partial charge >= 0.3 is 0 Å². The quantitative estimate of drug-likeness (QED) is 0.518. The summed E-state index contributed by atoms with van der Waals surface area (Å²) >= 11 is 0. The molecule has 0 aliphatic carbocycles. The van der Waals surface area contributed by atoms with Crippen molar-refractivity contribution in [2.45, 2.75) is 20.3 Å². The first-order valence-corrected chi connectivity index (χ1v) is 4.32. The van der Waals surface area contributed by atoms with Crippen molar-refractivity contribution < 1.29 is 9.59 Å². The molecule has 0 heterocycles. The normalized spacial score (nSPS) is 10.4. The molecule has 1 aromatic rings. The average molecular weight is 177 g/mol. The molecule has 0 unspecified atom stereocenters. The second kappa shape index (κ2) is 4.08. The zero-order valence-corrected chi connectivity index (χ0v) is 7.91. The Morgan fingerprint density at radius 1 is 1.38 bits per heavy atom. The highest BCUT2D eigenvalue weighted by atomic mass is 16.1. The van der Waals surface area contributed by atoms with Crippen LogP contribution in [0.3, 0.4) is 0 Å². The molecule has 1 aromatic carbocycles. The largest absolute Gasteiger partial charge is 0.299 e. The Morgan fingerprint density at radius 3 is 2.38 bits per heavy atom. The van der Waals surface area contributed by atoms with Crippen LogP contribution in [0, 0.1) is 5.92 Å². The molecular weight excluding hydrogens is 164 g/mol. The van der Waals surface area contributed by atoms with Crippen LogP contribution in [-0.2, 0) is 16.0 Å². The highest BCUT2D eigenvalue weighted by molar-refractivity contribution is 6.00. The molecule has 0 saturated heterocycles. The lowest BCUT2D eigenvalue weighted by molar-refractivity contribution is -0.130. The summed E-state index contributed by atoms with van der Waals surface area (Å²) in [5, 5.41) is 0. The minimum Gasteiger partial charge on any atom is -0.299 e. The van der Waals surface area contributed by atoms with Crippen molar-refractivity contribution in [3.63, 3.8) is 0 Å². The molecular formula is C11H13O2-. The lowest BCUT2D eigenvalue weighted by Crippen LogP contribution is -2.21. The second-order valence-electron chi connectivity index (χ2n) is 3.27. The van der Waals surface area contributed by atoms with Gasteiger partial charge in [-0.3, -0.25) is 9.59 Å². The van der Waals surface area contributed by atoms with Gasteiger partial charge in [-0.05, 0) is 13.8 Å². The summed E-state index contributed by atoms with van der Waals surface area (Å²) in [6, 6.07) is 7.68. The molecule has 0 bridgehead atoms. The molecule has 0 aromatic heterocycles. The average Bonchev–Trinajstić information content (AvgIpc) is 2.50. The van der Waals surface area contributed by atoms with E-state index >= 15 is 0 Å². The summed E-state index contributed by atoms with van der Waals surface area (Å²) < 4.78 is 0. The Bertz CT molecular complexity index is 282. The van der Waals surface area contributed by atoms with E-state index in [0.717, 1.165) is 5.56 Å². The van der Waals surface area contributed by atoms with Gasteiger partial charge in [-0.15, -0.1) is 0 Å². The number of carbonyl (C=O) groups is 2. The van der Waals surface area contributed by atoms with Crippen molar-refractivity contribution in [2.75, 3.05) is 0 Å². The van der Waals surface area contributed by atoms with Crippen molar-refractivity contribution in [1.82, 2.24) is 0 Å². The van der Waals surface area contributed by atoms with Gasteiger partial charge in [0.25, 0.3) is 0 Å². The summed E-state index contributed by atoms with van der Waals surface area (Å²) in [5.74, 6) is -0.551. The maximum Gasteiger partial charge on any atom is 0.139 e. The fourth-order valence-corrected chi connectivity index (χ4v) is 1.36. The molecule has 0 N–H and O–H groups in total. The lowest BCUT2D eigenvalue weighted by atomic mass is 9.94. The van der Waals surface area contributed by atoms with Gasteiger partial charge in [-0.2, -0.15) is 23.8 Å². The van der Waals surface area contributed by atoms with Gasteiger partial charge in [0.15, 0.2) is 0 Å². The van der Waals surface area contributed by atoms with E-state index in [2.05, 4.69) is 0 Å². The van der Waals surface area contributed by atoms with E-state index in [4.69, 9.17) is 0 Å². The molecule has 0 spiro atoms. The molecule has 0 radical (unpaired) electrons. The first-order valence-electron chi connectivity index (χ1n) is 4.32. The van der Waals surface area contributed by atoms with Gasteiger partial charge in [0.2, 0.25) is 0 Å². The van der Waals surface area contributed by atoms with Crippen LogP contribution in [0.4, 0.5) is 0 Å². The van der Waals surface area contributed by atoms with Gasteiger partial charge in [0.1, 0.15) is 11.6 Å². The Balaban J connectivity index is 2.69. The monoisotopic (exact) mass is 177 g/mol. The van der Waals surface area contributed by atoms with Crippen LogP contribution in [0.2, 0.25) is 0 Å². The maximum absolute atomic E-state index is 11.1. The van der Waals surface area contributed by atoms with Crippen LogP contribution >= 0.6 is 0 Å². The third kappa shape index (κ3) is 2.58. The molecule has 0 aliphatic rings. The van der Waals surface area contributed by atoms with E-state index < -0.39 is 5.92 Å². The highest BCUT2D eigenvalue weighted by Gasteiger charge is 2.16. The summed E-state index contributed by atoms with van der Waals surface area (Å²) in [5.41, 5.74) is 1.05. The van der Waals surface area contributed by atoms with E-state index in [1.165, 1.54) is 13.8 Å². The van der Waals surface area contributed by atoms with E-state index in [0.29, 0.717) is 6.42 Å². The molecule has 2 nitrogen and oxygen atoms in total. The molecule has 0 saturated carbocycles. The summed E-state index contributed by atoms with van der Waals surface area (Å²) in [7, 11) is 0. The van der Waals surface area contributed by atoms with Crippen LogP contribution in [-0.4, -0.2) is 11.6 Å². The smallest absolute Gasteiger partial charge is 0.139 e. The van der Waals surface area contributed by atoms with Gasteiger partial charge in [0, 0.05) is 0 Å². The molecule has 0 fully saturated rings. The van der Waals surface area contributed by atoms with Gasteiger partial charge in [0.05, 0.1) is 5.92 Å². The summed E-state index contributed by atoms with van der Waals surface area (Å²) in [6.07, 6.45) is 0.539. The highest BCUT2D eigenvalue weighted by Crippen LogP contribution is 2.11. The third-order valence-corrected chi connectivity index (χ3v) is 2.15. The molecule has 0 aliphatic heterocycles. The number of rotatable bonds is 4. The number of hydrogen-bond acceptors (Lipinski definition) is 2. The Labute approximate surface area is 77.9 Å². The fourth-order valence-electron chi connectivity index (χ4n) is 1.36. The third-order valence-electron chi connectivity index (χ3n) is 2.15. The SMILES string of the molecule is CC(=O)C(Cc1cc[cH-]c1)C(C)=O. The van der Waals surface area contributed by atoms with Crippen molar-refractivity contribution >= 4 is 11.6 Å². The predicted octanol–water partition coefficient (Wildman–Crippen LogP) is 1.74. The predicted molar refractivity (Wildman–Crippen MR) is 50.6 cm³/mol. The fraction of sp³-hybridized carbons (Fsp3) is 0.364. The molecule has 13 heavy (non-hydrogen) atoms. The Morgan fingerprint density at radius 2 is 2.00 bits per heavy atom. The Kier molecular flexibility index (Phi) is 3.07. The lowest BCUT2D eigenvalue weighted by Gasteiger charge is -2.12. The van der Waals surface area contributed by atoms with Gasteiger partial charge in [-0.1, -0.05) is 6.42 Å². The van der Waals surface area contributed by atoms with Gasteiger partial charge in [-0.25, -0.2) is 6.07 Å². The standard InChI is InChI=1S/C11H13O2/c1-8(12)11(9(2)13)7-10-5-3-4-6-10/h3-6,11H,7H2,1-2H3/q-1. The molecule has 0 amide bonds. The van der Waals surface area contributed by atoms with Crippen molar-refractivity contribution in [2.24, 2.45) is 5.92 Å². The van der Waals surface area contributed by atoms with Crippen LogP contribution in [0.25, 0.3) is 0 Å². The number of ketones is 2. The van der Waals surface area contributed by atoms with Crippen LogP contribution in [0.5, 0.6) is 0 Å². The second-order valence-corrected chi connectivity index (χ2v) is 3.27. The minimum absolute atomic E-state index is 0.0475. The summed E-state index contributed by atoms with van der Waals surface area (Å²) in [6.45, 7) is 2.93.